The minimum Gasteiger partial charge on any atom is -0.357 e. The molecular formula is C13H18N4. The third-order valence-electron chi connectivity index (χ3n) is 3.65. The van der Waals surface area contributed by atoms with Gasteiger partial charge in [-0.2, -0.15) is 0 Å². The molecule has 1 saturated heterocycles. The highest BCUT2D eigenvalue weighted by molar-refractivity contribution is 5.55. The van der Waals surface area contributed by atoms with Crippen LogP contribution in [0.2, 0.25) is 0 Å². The predicted octanol–water partition coefficient (Wildman–Crippen LogP) is 2.34. The Bertz CT molecular complexity index is 538. The number of fused-ring (bicyclic) bond motifs is 1. The van der Waals surface area contributed by atoms with Gasteiger partial charge in [0.2, 0.25) is 5.78 Å². The van der Waals surface area contributed by atoms with E-state index in [1.165, 1.54) is 30.6 Å². The van der Waals surface area contributed by atoms with Gasteiger partial charge in [-0.3, -0.25) is 4.40 Å². The molecule has 0 radical (unpaired) electrons. The molecule has 1 aliphatic rings. The molecule has 1 fully saturated rings. The molecule has 1 aliphatic heterocycles. The molecule has 0 amide bonds. The van der Waals surface area contributed by atoms with Gasteiger partial charge in [0.25, 0.3) is 0 Å². The Hall–Kier alpha value is -1.58. The van der Waals surface area contributed by atoms with Crippen molar-refractivity contribution in [1.29, 1.82) is 0 Å². The third-order valence-corrected chi connectivity index (χ3v) is 3.65. The monoisotopic (exact) mass is 230 g/mol. The molecule has 0 atom stereocenters. The molecule has 0 spiro atoms. The van der Waals surface area contributed by atoms with Gasteiger partial charge in [-0.05, 0) is 33.1 Å². The van der Waals surface area contributed by atoms with Crippen molar-refractivity contribution in [3.05, 3.63) is 23.7 Å². The number of aromatic nitrogens is 3. The van der Waals surface area contributed by atoms with E-state index >= 15 is 0 Å². The van der Waals surface area contributed by atoms with Crippen molar-refractivity contribution < 1.29 is 0 Å². The Morgan fingerprint density at radius 1 is 1.12 bits per heavy atom. The molecule has 3 rings (SSSR count). The first kappa shape index (κ1) is 10.6. The fourth-order valence-corrected chi connectivity index (χ4v) is 2.62. The average molecular weight is 230 g/mol. The minimum atomic E-state index is 0.814. The topological polar surface area (TPSA) is 33.4 Å². The van der Waals surface area contributed by atoms with E-state index < -0.39 is 0 Å². The Kier molecular flexibility index (Phi) is 2.50. The molecule has 0 saturated carbocycles. The van der Waals surface area contributed by atoms with E-state index in [9.17, 15) is 0 Å². The van der Waals surface area contributed by atoms with Gasteiger partial charge in [0.05, 0.1) is 0 Å². The largest absolute Gasteiger partial charge is 0.357 e. The molecule has 4 heteroatoms. The second-order valence-electron chi connectivity index (χ2n) is 4.79. The Morgan fingerprint density at radius 3 is 2.65 bits per heavy atom. The van der Waals surface area contributed by atoms with Crippen LogP contribution in [0.25, 0.3) is 5.78 Å². The van der Waals surface area contributed by atoms with Crippen LogP contribution in [-0.2, 0) is 0 Å². The van der Waals surface area contributed by atoms with Crippen molar-refractivity contribution in [2.45, 2.75) is 33.1 Å². The smallest absolute Gasteiger partial charge is 0.235 e. The van der Waals surface area contributed by atoms with Crippen LogP contribution in [0.1, 0.15) is 30.5 Å². The number of aryl methyl sites for hydroxylation is 1. The average Bonchev–Trinajstić information content (AvgIpc) is 2.79. The molecule has 0 N–H and O–H groups in total. The number of imidazole rings is 1. The summed E-state index contributed by atoms with van der Waals surface area (Å²) in [6.45, 7) is 6.53. The molecule has 0 aliphatic carbocycles. The number of nitrogens with zero attached hydrogens (tertiary/aromatic N) is 4. The lowest BCUT2D eigenvalue weighted by Gasteiger charge is -2.30. The van der Waals surface area contributed by atoms with Crippen LogP contribution < -0.4 is 4.90 Å². The van der Waals surface area contributed by atoms with Crippen LogP contribution >= 0.6 is 0 Å². The van der Waals surface area contributed by atoms with Crippen molar-refractivity contribution in [3.8, 4) is 0 Å². The Labute approximate surface area is 101 Å². The van der Waals surface area contributed by atoms with Gasteiger partial charge in [0, 0.05) is 36.7 Å². The van der Waals surface area contributed by atoms with Gasteiger partial charge in [-0.25, -0.2) is 9.97 Å². The second kappa shape index (κ2) is 4.02. The van der Waals surface area contributed by atoms with E-state index in [0.717, 1.165) is 24.6 Å². The van der Waals surface area contributed by atoms with Gasteiger partial charge in [-0.15, -0.1) is 0 Å². The summed E-state index contributed by atoms with van der Waals surface area (Å²) in [4.78, 5) is 11.3. The Balaban J connectivity index is 2.18. The summed E-state index contributed by atoms with van der Waals surface area (Å²) in [5.41, 5.74) is 2.36. The maximum Gasteiger partial charge on any atom is 0.235 e. The van der Waals surface area contributed by atoms with Gasteiger partial charge >= 0.3 is 0 Å². The van der Waals surface area contributed by atoms with Crippen molar-refractivity contribution in [1.82, 2.24) is 14.4 Å². The second-order valence-corrected chi connectivity index (χ2v) is 4.79. The first-order valence-corrected chi connectivity index (χ1v) is 6.32. The lowest BCUT2D eigenvalue weighted by Crippen LogP contribution is -2.32. The number of anilines is 1. The van der Waals surface area contributed by atoms with Crippen molar-refractivity contribution in [3.63, 3.8) is 0 Å². The van der Waals surface area contributed by atoms with Crippen LogP contribution in [0.5, 0.6) is 0 Å². The summed E-state index contributed by atoms with van der Waals surface area (Å²) in [5.74, 6) is 2.10. The highest BCUT2D eigenvalue weighted by Crippen LogP contribution is 2.25. The molecule has 2 aromatic heterocycles. The summed E-state index contributed by atoms with van der Waals surface area (Å²) >= 11 is 0. The van der Waals surface area contributed by atoms with Crippen LogP contribution in [0.15, 0.2) is 12.4 Å². The van der Waals surface area contributed by atoms with E-state index in [2.05, 4.69) is 33.1 Å². The molecule has 4 nitrogen and oxygen atoms in total. The summed E-state index contributed by atoms with van der Waals surface area (Å²) in [6.07, 6.45) is 7.77. The van der Waals surface area contributed by atoms with Crippen molar-refractivity contribution >= 4 is 11.6 Å². The maximum absolute atomic E-state index is 4.52. The highest BCUT2D eigenvalue weighted by atomic mass is 15.3. The summed E-state index contributed by atoms with van der Waals surface area (Å²) in [5, 5.41) is 0. The summed E-state index contributed by atoms with van der Waals surface area (Å²) in [6, 6.07) is 0. The number of piperidine rings is 1. The zero-order chi connectivity index (χ0) is 11.8. The number of hydrogen-bond acceptors (Lipinski definition) is 3. The minimum absolute atomic E-state index is 0.814. The molecule has 3 heterocycles. The first-order valence-electron chi connectivity index (χ1n) is 6.32. The van der Waals surface area contributed by atoms with Gasteiger partial charge in [0.15, 0.2) is 0 Å². The van der Waals surface area contributed by atoms with E-state index in [4.69, 9.17) is 0 Å². The fraction of sp³-hybridized carbons (Fsp3) is 0.538. The lowest BCUT2D eigenvalue weighted by molar-refractivity contribution is 0.570. The van der Waals surface area contributed by atoms with Crippen LogP contribution in [-0.4, -0.2) is 27.5 Å². The number of hydrogen-bond donors (Lipinski definition) is 0. The van der Waals surface area contributed by atoms with Gasteiger partial charge < -0.3 is 4.90 Å². The zero-order valence-electron chi connectivity index (χ0n) is 10.5. The molecule has 0 unspecified atom stereocenters. The molecule has 2 aromatic rings. The summed E-state index contributed by atoms with van der Waals surface area (Å²) in [7, 11) is 0. The zero-order valence-corrected chi connectivity index (χ0v) is 10.5. The molecule has 0 aromatic carbocycles. The Morgan fingerprint density at radius 2 is 1.88 bits per heavy atom. The van der Waals surface area contributed by atoms with Gasteiger partial charge in [0.1, 0.15) is 5.82 Å². The van der Waals surface area contributed by atoms with E-state index in [-0.39, 0.29) is 0 Å². The van der Waals surface area contributed by atoms with Crippen molar-refractivity contribution in [2.24, 2.45) is 0 Å². The van der Waals surface area contributed by atoms with Gasteiger partial charge in [-0.1, -0.05) is 0 Å². The quantitative estimate of drug-likeness (QED) is 0.754. The normalized spacial score (nSPS) is 16.7. The first-order chi connectivity index (χ1) is 8.27. The molecule has 17 heavy (non-hydrogen) atoms. The molecule has 90 valence electrons. The lowest BCUT2D eigenvalue weighted by atomic mass is 10.1. The van der Waals surface area contributed by atoms with E-state index in [1.54, 1.807) is 0 Å². The van der Waals surface area contributed by atoms with Crippen molar-refractivity contribution in [2.75, 3.05) is 18.0 Å². The predicted molar refractivity (Wildman–Crippen MR) is 68.5 cm³/mol. The standard InChI is InChI=1S/C13H18N4/c1-10-11(2)15-13-14-6-9-17(13)12(10)16-7-4-3-5-8-16/h6,9H,3-5,7-8H2,1-2H3. The van der Waals surface area contributed by atoms with Crippen LogP contribution in [0.4, 0.5) is 5.82 Å². The van der Waals surface area contributed by atoms with E-state index in [1.807, 2.05) is 12.4 Å². The maximum atomic E-state index is 4.52. The van der Waals surface area contributed by atoms with Crippen LogP contribution in [0.3, 0.4) is 0 Å². The summed E-state index contributed by atoms with van der Waals surface area (Å²) < 4.78 is 2.12. The SMILES string of the molecule is Cc1nc2nccn2c(N2CCCCC2)c1C. The van der Waals surface area contributed by atoms with Crippen LogP contribution in [0, 0.1) is 13.8 Å². The number of rotatable bonds is 1. The molecular weight excluding hydrogens is 212 g/mol. The molecule has 0 bridgehead atoms. The van der Waals surface area contributed by atoms with E-state index in [0.29, 0.717) is 0 Å². The highest BCUT2D eigenvalue weighted by Gasteiger charge is 2.18. The third kappa shape index (κ3) is 1.68. The fourth-order valence-electron chi connectivity index (χ4n) is 2.62.